The van der Waals surface area contributed by atoms with E-state index in [1.54, 1.807) is 11.4 Å². The molecule has 0 bridgehead atoms. The molecular formula is C20H10Cl2F3N3O3S. The van der Waals surface area contributed by atoms with Gasteiger partial charge >= 0.3 is 6.36 Å². The van der Waals surface area contributed by atoms with Crippen molar-refractivity contribution >= 4 is 51.7 Å². The van der Waals surface area contributed by atoms with Crippen molar-refractivity contribution in [2.45, 2.75) is 6.36 Å². The smallest absolute Gasteiger partial charge is 0.505 e. The zero-order chi connectivity index (χ0) is 23.5. The van der Waals surface area contributed by atoms with Crippen LogP contribution in [0.25, 0.3) is 17.3 Å². The van der Waals surface area contributed by atoms with Gasteiger partial charge in [-0.05, 0) is 48.0 Å². The summed E-state index contributed by atoms with van der Waals surface area (Å²) in [5.74, 6) is -1.44. The number of phenolic OH excluding ortho intramolecular Hbond substituents is 1. The Morgan fingerprint density at radius 2 is 1.84 bits per heavy atom. The van der Waals surface area contributed by atoms with Gasteiger partial charge in [0.1, 0.15) is 17.4 Å². The van der Waals surface area contributed by atoms with Gasteiger partial charge in [-0.15, -0.1) is 24.5 Å². The van der Waals surface area contributed by atoms with E-state index in [0.717, 1.165) is 23.5 Å². The molecule has 164 valence electrons. The lowest BCUT2D eigenvalue weighted by Crippen LogP contribution is -2.16. The highest BCUT2D eigenvalue weighted by molar-refractivity contribution is 7.14. The van der Waals surface area contributed by atoms with Gasteiger partial charge in [-0.25, -0.2) is 4.98 Å². The van der Waals surface area contributed by atoms with Crippen LogP contribution in [0.3, 0.4) is 0 Å². The van der Waals surface area contributed by atoms with Crippen LogP contribution in [0.4, 0.5) is 18.3 Å². The predicted octanol–water partition coefficient (Wildman–Crippen LogP) is 6.27. The lowest BCUT2D eigenvalue weighted by atomic mass is 10.1. The van der Waals surface area contributed by atoms with E-state index in [9.17, 15) is 28.3 Å². The number of hydrogen-bond acceptors (Lipinski definition) is 6. The quantitative estimate of drug-likeness (QED) is 0.318. The standard InChI is InChI=1S/C20H10Cl2F3N3O3S/c21-14-6-10(7-15(22)17(14)29)5-12(8-26)18(30)28-19-27-16(9-32-19)11-1-3-13(4-2-11)31-20(23,24)25/h1-7,9,29H,(H,27,28,30)/b12-5+. The Labute approximate surface area is 193 Å². The molecule has 6 nitrogen and oxygen atoms in total. The highest BCUT2D eigenvalue weighted by Gasteiger charge is 2.31. The van der Waals surface area contributed by atoms with E-state index < -0.39 is 12.3 Å². The van der Waals surface area contributed by atoms with Gasteiger partial charge in [0.25, 0.3) is 5.91 Å². The predicted molar refractivity (Wildman–Crippen MR) is 115 cm³/mol. The Hall–Kier alpha value is -3.26. The second kappa shape index (κ2) is 9.48. The maximum absolute atomic E-state index is 12.4. The number of nitriles is 1. The molecule has 0 aliphatic rings. The van der Waals surface area contributed by atoms with Crippen LogP contribution in [0.5, 0.6) is 11.5 Å². The number of phenols is 1. The van der Waals surface area contributed by atoms with Crippen molar-refractivity contribution in [3.8, 4) is 28.8 Å². The van der Waals surface area contributed by atoms with Crippen LogP contribution < -0.4 is 10.1 Å². The second-order valence-corrected chi connectivity index (χ2v) is 7.74. The van der Waals surface area contributed by atoms with E-state index in [0.29, 0.717) is 16.8 Å². The van der Waals surface area contributed by atoms with Crippen LogP contribution in [-0.4, -0.2) is 22.4 Å². The van der Waals surface area contributed by atoms with E-state index in [4.69, 9.17) is 23.2 Å². The number of anilines is 1. The highest BCUT2D eigenvalue weighted by atomic mass is 35.5. The molecule has 2 aromatic carbocycles. The number of alkyl halides is 3. The zero-order valence-corrected chi connectivity index (χ0v) is 17.9. The minimum Gasteiger partial charge on any atom is -0.505 e. The summed E-state index contributed by atoms with van der Waals surface area (Å²) in [5, 5.41) is 23.1. The summed E-state index contributed by atoms with van der Waals surface area (Å²) in [6.07, 6.45) is -3.55. The molecule has 0 radical (unpaired) electrons. The minimum atomic E-state index is -4.79. The summed E-state index contributed by atoms with van der Waals surface area (Å²) in [5.41, 5.74) is 0.961. The Bertz CT molecular complexity index is 1210. The Balaban J connectivity index is 1.74. The maximum Gasteiger partial charge on any atom is 0.573 e. The number of carbonyl (C=O) groups excluding carboxylic acids is 1. The van der Waals surface area contributed by atoms with Crippen molar-refractivity contribution in [2.24, 2.45) is 0 Å². The summed E-state index contributed by atoms with van der Waals surface area (Å²) < 4.78 is 40.6. The van der Waals surface area contributed by atoms with Crippen LogP contribution in [0, 0.1) is 11.3 Å². The second-order valence-electron chi connectivity index (χ2n) is 6.07. The van der Waals surface area contributed by atoms with Gasteiger partial charge in [0.15, 0.2) is 10.9 Å². The number of aromatic nitrogens is 1. The van der Waals surface area contributed by atoms with Crippen molar-refractivity contribution in [3.05, 3.63) is 63.0 Å². The molecule has 1 heterocycles. The van der Waals surface area contributed by atoms with Gasteiger partial charge in [0.05, 0.1) is 15.7 Å². The highest BCUT2D eigenvalue weighted by Crippen LogP contribution is 2.33. The van der Waals surface area contributed by atoms with Crippen molar-refractivity contribution in [2.75, 3.05) is 5.32 Å². The SMILES string of the molecule is N#C/C(=C\c1cc(Cl)c(O)c(Cl)c1)C(=O)Nc1nc(-c2ccc(OC(F)(F)F)cc2)cs1. The summed E-state index contributed by atoms with van der Waals surface area (Å²) >= 11 is 12.7. The number of amides is 1. The van der Waals surface area contributed by atoms with E-state index >= 15 is 0 Å². The van der Waals surface area contributed by atoms with Gasteiger partial charge in [0, 0.05) is 10.9 Å². The third kappa shape index (κ3) is 5.91. The molecule has 12 heteroatoms. The Morgan fingerprint density at radius 3 is 2.41 bits per heavy atom. The number of halogens is 5. The number of hydrogen-bond donors (Lipinski definition) is 2. The van der Waals surface area contributed by atoms with Crippen molar-refractivity contribution in [1.82, 2.24) is 4.98 Å². The van der Waals surface area contributed by atoms with Crippen LogP contribution >= 0.6 is 34.5 Å². The third-order valence-electron chi connectivity index (χ3n) is 3.82. The number of benzene rings is 2. The molecule has 0 aliphatic heterocycles. The molecule has 0 aliphatic carbocycles. The summed E-state index contributed by atoms with van der Waals surface area (Å²) in [6, 6.07) is 9.49. The number of aromatic hydroxyl groups is 1. The van der Waals surface area contributed by atoms with Crippen LogP contribution in [0.2, 0.25) is 10.0 Å². The molecule has 1 aromatic heterocycles. The number of nitrogens with one attached hydrogen (secondary N) is 1. The molecule has 0 spiro atoms. The van der Waals surface area contributed by atoms with Crippen LogP contribution in [0.1, 0.15) is 5.56 Å². The Morgan fingerprint density at radius 1 is 1.22 bits per heavy atom. The van der Waals surface area contributed by atoms with Gasteiger partial charge in [-0.2, -0.15) is 5.26 Å². The van der Waals surface area contributed by atoms with Gasteiger partial charge in [0.2, 0.25) is 0 Å². The fourth-order valence-electron chi connectivity index (χ4n) is 2.44. The summed E-state index contributed by atoms with van der Waals surface area (Å²) in [6.45, 7) is 0. The first-order chi connectivity index (χ1) is 15.1. The van der Waals surface area contributed by atoms with E-state index in [1.165, 1.54) is 30.3 Å². The topological polar surface area (TPSA) is 95.2 Å². The molecule has 32 heavy (non-hydrogen) atoms. The zero-order valence-electron chi connectivity index (χ0n) is 15.6. The molecule has 3 aromatic rings. The normalized spacial score (nSPS) is 11.7. The first-order valence-corrected chi connectivity index (χ1v) is 10.1. The fraction of sp³-hybridized carbons (Fsp3) is 0.0500. The van der Waals surface area contributed by atoms with Crippen LogP contribution in [-0.2, 0) is 4.79 Å². The lowest BCUT2D eigenvalue weighted by molar-refractivity contribution is -0.274. The minimum absolute atomic E-state index is 0.0438. The van der Waals surface area contributed by atoms with Gasteiger partial charge in [-0.3, -0.25) is 10.1 Å². The lowest BCUT2D eigenvalue weighted by Gasteiger charge is -2.08. The number of nitrogens with zero attached hydrogens (tertiary/aromatic N) is 2. The molecule has 0 unspecified atom stereocenters. The number of rotatable bonds is 5. The number of ether oxygens (including phenoxy) is 1. The molecule has 3 rings (SSSR count). The molecule has 0 saturated heterocycles. The molecule has 0 atom stereocenters. The summed E-state index contributed by atoms with van der Waals surface area (Å²) in [4.78, 5) is 16.6. The molecular weight excluding hydrogens is 490 g/mol. The van der Waals surface area contributed by atoms with Gasteiger partial charge < -0.3 is 9.84 Å². The molecule has 0 fully saturated rings. The number of carbonyl (C=O) groups is 1. The third-order valence-corrected chi connectivity index (χ3v) is 5.16. The van der Waals surface area contributed by atoms with Crippen LogP contribution in [0.15, 0.2) is 47.4 Å². The first-order valence-electron chi connectivity index (χ1n) is 8.48. The Kier molecular flexibility index (Phi) is 6.93. The summed E-state index contributed by atoms with van der Waals surface area (Å²) in [7, 11) is 0. The largest absolute Gasteiger partial charge is 0.573 e. The van der Waals surface area contributed by atoms with E-state index in [1.807, 2.05) is 0 Å². The van der Waals surface area contributed by atoms with Crippen molar-refractivity contribution < 1.29 is 27.8 Å². The van der Waals surface area contributed by atoms with Crippen molar-refractivity contribution in [1.29, 1.82) is 5.26 Å². The average molecular weight is 500 g/mol. The maximum atomic E-state index is 12.4. The van der Waals surface area contributed by atoms with E-state index in [-0.39, 0.29) is 32.2 Å². The van der Waals surface area contributed by atoms with Crippen molar-refractivity contribution in [3.63, 3.8) is 0 Å². The van der Waals surface area contributed by atoms with E-state index in [2.05, 4.69) is 15.0 Å². The van der Waals surface area contributed by atoms with Gasteiger partial charge in [-0.1, -0.05) is 23.2 Å². The molecule has 2 N–H and O–H groups in total. The fourth-order valence-corrected chi connectivity index (χ4v) is 3.66. The molecule has 1 amide bonds. The average Bonchev–Trinajstić information content (AvgIpc) is 3.17. The number of thiazole rings is 1. The first kappa shape index (κ1) is 23.4. The molecule has 0 saturated carbocycles. The monoisotopic (exact) mass is 499 g/mol.